The zero-order chi connectivity index (χ0) is 13.1. The van der Waals surface area contributed by atoms with Crippen molar-refractivity contribution in [1.29, 1.82) is 0 Å². The Kier molecular flexibility index (Phi) is 3.51. The fourth-order valence-corrected chi connectivity index (χ4v) is 3.41. The highest BCUT2D eigenvalue weighted by atomic mass is 16.2. The number of likely N-dealkylation sites (tertiary alicyclic amines) is 1. The van der Waals surface area contributed by atoms with Crippen molar-refractivity contribution >= 4 is 5.91 Å². The Bertz CT molecular complexity index is 434. The molecule has 0 aliphatic carbocycles. The van der Waals surface area contributed by atoms with E-state index in [0.717, 1.165) is 32.6 Å². The van der Waals surface area contributed by atoms with Gasteiger partial charge in [-0.25, -0.2) is 0 Å². The number of hydrogen-bond acceptors (Lipinski definition) is 3. The SMILES string of the molecule is O=C(c1ccccn1)N1CCCC2(CCCNC2)C1. The second-order valence-electron chi connectivity index (χ2n) is 5.83. The summed E-state index contributed by atoms with van der Waals surface area (Å²) in [5.74, 6) is 0.0882. The molecule has 2 aliphatic rings. The zero-order valence-corrected chi connectivity index (χ0v) is 11.3. The van der Waals surface area contributed by atoms with Crippen LogP contribution in [0.2, 0.25) is 0 Å². The molecule has 0 saturated carbocycles. The number of nitrogens with one attached hydrogen (secondary N) is 1. The highest BCUT2D eigenvalue weighted by Gasteiger charge is 2.38. The monoisotopic (exact) mass is 259 g/mol. The van der Waals surface area contributed by atoms with E-state index in [0.29, 0.717) is 11.1 Å². The Hall–Kier alpha value is -1.42. The predicted molar refractivity (Wildman–Crippen MR) is 73.9 cm³/mol. The minimum Gasteiger partial charge on any atom is -0.337 e. The molecule has 1 spiro atoms. The molecule has 4 heteroatoms. The first-order valence-corrected chi connectivity index (χ1v) is 7.20. The molecule has 1 atom stereocenters. The van der Waals surface area contributed by atoms with Crippen LogP contribution in [0.5, 0.6) is 0 Å². The number of piperidine rings is 2. The van der Waals surface area contributed by atoms with Gasteiger partial charge in [-0.2, -0.15) is 0 Å². The van der Waals surface area contributed by atoms with Gasteiger partial charge < -0.3 is 10.2 Å². The summed E-state index contributed by atoms with van der Waals surface area (Å²) in [7, 11) is 0. The first-order chi connectivity index (χ1) is 9.29. The summed E-state index contributed by atoms with van der Waals surface area (Å²) < 4.78 is 0. The van der Waals surface area contributed by atoms with Crippen LogP contribution in [0.3, 0.4) is 0 Å². The molecular formula is C15H21N3O. The molecule has 1 aromatic rings. The molecule has 2 aliphatic heterocycles. The number of carbonyl (C=O) groups excluding carboxylic acids is 1. The average molecular weight is 259 g/mol. The molecular weight excluding hydrogens is 238 g/mol. The summed E-state index contributed by atoms with van der Waals surface area (Å²) in [5.41, 5.74) is 0.879. The Labute approximate surface area is 114 Å². The molecule has 1 unspecified atom stereocenters. The number of pyridine rings is 1. The molecule has 0 aromatic carbocycles. The second-order valence-corrected chi connectivity index (χ2v) is 5.83. The topological polar surface area (TPSA) is 45.2 Å². The van der Waals surface area contributed by atoms with Gasteiger partial charge in [-0.05, 0) is 44.4 Å². The van der Waals surface area contributed by atoms with Crippen molar-refractivity contribution < 1.29 is 4.79 Å². The lowest BCUT2D eigenvalue weighted by molar-refractivity contribution is 0.0429. The van der Waals surface area contributed by atoms with Gasteiger partial charge in [0.05, 0.1) is 0 Å². The average Bonchev–Trinajstić information content (AvgIpc) is 2.48. The van der Waals surface area contributed by atoms with E-state index in [1.165, 1.54) is 19.3 Å². The molecule has 102 valence electrons. The highest BCUT2D eigenvalue weighted by molar-refractivity contribution is 5.92. The van der Waals surface area contributed by atoms with Crippen LogP contribution in [-0.2, 0) is 0 Å². The van der Waals surface area contributed by atoms with Crippen molar-refractivity contribution in [1.82, 2.24) is 15.2 Å². The third-order valence-corrected chi connectivity index (χ3v) is 4.39. The van der Waals surface area contributed by atoms with Crippen LogP contribution in [0.1, 0.15) is 36.2 Å². The van der Waals surface area contributed by atoms with E-state index in [9.17, 15) is 4.79 Å². The standard InChI is InChI=1S/C15H21N3O/c19-14(13-5-1-2-9-17-13)18-10-4-7-15(12-18)6-3-8-16-11-15/h1-2,5,9,16H,3-4,6-8,10-12H2. The van der Waals surface area contributed by atoms with Crippen LogP contribution >= 0.6 is 0 Å². The smallest absolute Gasteiger partial charge is 0.272 e. The Morgan fingerprint density at radius 1 is 1.32 bits per heavy atom. The lowest BCUT2D eigenvalue weighted by Crippen LogP contribution is -2.52. The summed E-state index contributed by atoms with van der Waals surface area (Å²) in [6.07, 6.45) is 6.51. The Morgan fingerprint density at radius 3 is 2.95 bits per heavy atom. The first kappa shape index (κ1) is 12.6. The maximum Gasteiger partial charge on any atom is 0.272 e. The third kappa shape index (κ3) is 2.63. The van der Waals surface area contributed by atoms with Crippen molar-refractivity contribution in [3.63, 3.8) is 0 Å². The molecule has 1 aromatic heterocycles. The summed E-state index contributed by atoms with van der Waals surface area (Å²) in [5, 5.41) is 3.49. The van der Waals surface area contributed by atoms with Gasteiger partial charge in [0, 0.05) is 31.2 Å². The van der Waals surface area contributed by atoms with Gasteiger partial charge in [0.25, 0.3) is 5.91 Å². The molecule has 3 rings (SSSR count). The van der Waals surface area contributed by atoms with Crippen LogP contribution < -0.4 is 5.32 Å². The number of nitrogens with zero attached hydrogens (tertiary/aromatic N) is 2. The molecule has 19 heavy (non-hydrogen) atoms. The van der Waals surface area contributed by atoms with Crippen molar-refractivity contribution in [2.75, 3.05) is 26.2 Å². The molecule has 2 fully saturated rings. The normalized spacial score (nSPS) is 27.5. The van der Waals surface area contributed by atoms with Gasteiger partial charge in [-0.15, -0.1) is 0 Å². The van der Waals surface area contributed by atoms with Crippen LogP contribution in [0, 0.1) is 5.41 Å². The molecule has 0 bridgehead atoms. The summed E-state index contributed by atoms with van der Waals surface area (Å²) in [4.78, 5) is 18.6. The van der Waals surface area contributed by atoms with Crippen molar-refractivity contribution in [3.8, 4) is 0 Å². The molecule has 2 saturated heterocycles. The Balaban J connectivity index is 1.73. The number of hydrogen-bond donors (Lipinski definition) is 1. The lowest BCUT2D eigenvalue weighted by atomic mass is 9.74. The highest BCUT2D eigenvalue weighted by Crippen LogP contribution is 2.36. The van der Waals surface area contributed by atoms with Crippen molar-refractivity contribution in [2.24, 2.45) is 5.41 Å². The number of aromatic nitrogens is 1. The van der Waals surface area contributed by atoms with Gasteiger partial charge >= 0.3 is 0 Å². The summed E-state index contributed by atoms with van der Waals surface area (Å²) >= 11 is 0. The molecule has 0 radical (unpaired) electrons. The molecule has 1 N–H and O–H groups in total. The van der Waals surface area contributed by atoms with Crippen LogP contribution in [0.15, 0.2) is 24.4 Å². The summed E-state index contributed by atoms with van der Waals surface area (Å²) in [6, 6.07) is 5.53. The second kappa shape index (κ2) is 5.29. The minimum absolute atomic E-state index is 0.0882. The van der Waals surface area contributed by atoms with Gasteiger partial charge in [0.2, 0.25) is 0 Å². The van der Waals surface area contributed by atoms with E-state index < -0.39 is 0 Å². The molecule has 3 heterocycles. The van der Waals surface area contributed by atoms with Gasteiger partial charge in [-0.3, -0.25) is 9.78 Å². The lowest BCUT2D eigenvalue weighted by Gasteiger charge is -2.45. The quantitative estimate of drug-likeness (QED) is 0.834. The van der Waals surface area contributed by atoms with E-state index in [-0.39, 0.29) is 5.91 Å². The van der Waals surface area contributed by atoms with E-state index in [4.69, 9.17) is 0 Å². The number of carbonyl (C=O) groups is 1. The summed E-state index contributed by atoms with van der Waals surface area (Å²) in [6.45, 7) is 3.93. The van der Waals surface area contributed by atoms with Crippen LogP contribution in [-0.4, -0.2) is 42.0 Å². The number of amides is 1. The van der Waals surface area contributed by atoms with Crippen LogP contribution in [0.4, 0.5) is 0 Å². The van der Waals surface area contributed by atoms with Crippen molar-refractivity contribution in [3.05, 3.63) is 30.1 Å². The van der Waals surface area contributed by atoms with E-state index in [2.05, 4.69) is 10.3 Å². The van der Waals surface area contributed by atoms with E-state index in [1.54, 1.807) is 6.20 Å². The van der Waals surface area contributed by atoms with Gasteiger partial charge in [-0.1, -0.05) is 6.07 Å². The van der Waals surface area contributed by atoms with Crippen molar-refractivity contribution in [2.45, 2.75) is 25.7 Å². The fraction of sp³-hybridized carbons (Fsp3) is 0.600. The van der Waals surface area contributed by atoms with E-state index in [1.807, 2.05) is 23.1 Å². The van der Waals surface area contributed by atoms with Crippen LogP contribution in [0.25, 0.3) is 0 Å². The van der Waals surface area contributed by atoms with Gasteiger partial charge in [0.15, 0.2) is 0 Å². The molecule has 1 amide bonds. The van der Waals surface area contributed by atoms with Gasteiger partial charge in [0.1, 0.15) is 5.69 Å². The number of rotatable bonds is 1. The maximum atomic E-state index is 12.5. The first-order valence-electron chi connectivity index (χ1n) is 7.20. The predicted octanol–water partition coefficient (Wildman–Crippen LogP) is 1.69. The fourth-order valence-electron chi connectivity index (χ4n) is 3.41. The largest absolute Gasteiger partial charge is 0.337 e. The van der Waals surface area contributed by atoms with E-state index >= 15 is 0 Å². The third-order valence-electron chi connectivity index (χ3n) is 4.39. The molecule has 4 nitrogen and oxygen atoms in total. The zero-order valence-electron chi connectivity index (χ0n) is 11.3. The Morgan fingerprint density at radius 2 is 2.21 bits per heavy atom. The minimum atomic E-state index is 0.0882. The maximum absolute atomic E-state index is 12.5.